The molecule has 6 nitrogen and oxygen atoms in total. The number of esters is 2. The van der Waals surface area contributed by atoms with Crippen molar-refractivity contribution in [3.05, 3.63) is 48.0 Å². The lowest BCUT2D eigenvalue weighted by atomic mass is 9.32. The van der Waals surface area contributed by atoms with Crippen LogP contribution in [0.5, 0.6) is 0 Å². The zero-order chi connectivity index (χ0) is 32.6. The van der Waals surface area contributed by atoms with Gasteiger partial charge in [-0.25, -0.2) is 4.79 Å². The second-order valence-electron chi connectivity index (χ2n) is 16.8. The van der Waals surface area contributed by atoms with Crippen molar-refractivity contribution in [3.63, 3.8) is 0 Å². The molecule has 5 fully saturated rings. The molecule has 0 saturated heterocycles. The van der Waals surface area contributed by atoms with Crippen LogP contribution in [0.2, 0.25) is 0 Å². The molecule has 5 saturated carbocycles. The van der Waals surface area contributed by atoms with Crippen LogP contribution in [0.25, 0.3) is 0 Å². The maximum absolute atomic E-state index is 13.5. The maximum atomic E-state index is 13.5. The summed E-state index contributed by atoms with van der Waals surface area (Å²) in [6.07, 6.45) is 8.74. The smallest absolute Gasteiger partial charge is 0.338 e. The predicted molar refractivity (Wildman–Crippen MR) is 173 cm³/mol. The summed E-state index contributed by atoms with van der Waals surface area (Å²) in [4.78, 5) is 38.8. The number of hydrogen-bond donors (Lipinski definition) is 1. The molecule has 0 amide bonds. The van der Waals surface area contributed by atoms with Crippen molar-refractivity contribution in [2.45, 2.75) is 112 Å². The van der Waals surface area contributed by atoms with Gasteiger partial charge < -0.3 is 14.6 Å². The minimum atomic E-state index is -0.740. The lowest BCUT2D eigenvalue weighted by Crippen LogP contribution is -2.69. The van der Waals surface area contributed by atoms with Crippen LogP contribution in [-0.2, 0) is 19.1 Å². The van der Waals surface area contributed by atoms with Crippen LogP contribution in [0.1, 0.15) is 116 Å². The van der Waals surface area contributed by atoms with E-state index in [1.165, 1.54) is 6.92 Å². The Labute approximate surface area is 269 Å². The summed E-state index contributed by atoms with van der Waals surface area (Å²) >= 11 is 0. The summed E-state index contributed by atoms with van der Waals surface area (Å²) in [5, 5.41) is 10.8. The number of aliphatic carboxylic acids is 1. The van der Waals surface area contributed by atoms with Crippen molar-refractivity contribution >= 4 is 17.9 Å². The van der Waals surface area contributed by atoms with Gasteiger partial charge in [-0.3, -0.25) is 9.59 Å². The number of hydrogen-bond acceptors (Lipinski definition) is 5. The fourth-order valence-corrected chi connectivity index (χ4v) is 12.9. The van der Waals surface area contributed by atoms with E-state index in [4.69, 9.17) is 9.47 Å². The van der Waals surface area contributed by atoms with Gasteiger partial charge in [0.1, 0.15) is 6.10 Å². The summed E-state index contributed by atoms with van der Waals surface area (Å²) in [7, 11) is 0. The Morgan fingerprint density at radius 2 is 1.58 bits per heavy atom. The van der Waals surface area contributed by atoms with Gasteiger partial charge in [-0.05, 0) is 124 Å². The summed E-state index contributed by atoms with van der Waals surface area (Å²) in [5.41, 5.74) is 0.344. The Kier molecular flexibility index (Phi) is 7.88. The molecule has 1 aromatic rings. The van der Waals surface area contributed by atoms with Gasteiger partial charge in [0.15, 0.2) is 0 Å². The minimum absolute atomic E-state index is 0.00359. The molecule has 246 valence electrons. The van der Waals surface area contributed by atoms with E-state index in [-0.39, 0.29) is 57.5 Å². The third-order valence-electron chi connectivity index (χ3n) is 14.9. The average Bonchev–Trinajstić information content (AvgIpc) is 3.39. The number of allylic oxidation sites excluding steroid dienone is 1. The van der Waals surface area contributed by atoms with E-state index >= 15 is 0 Å². The van der Waals surface area contributed by atoms with Crippen molar-refractivity contribution in [3.8, 4) is 0 Å². The first kappa shape index (κ1) is 32.3. The number of carboxylic acids is 1. The van der Waals surface area contributed by atoms with E-state index in [0.717, 1.165) is 56.9 Å². The van der Waals surface area contributed by atoms with Gasteiger partial charge in [-0.2, -0.15) is 0 Å². The largest absolute Gasteiger partial charge is 0.481 e. The number of carbonyl (C=O) groups excluding carboxylic acids is 2. The van der Waals surface area contributed by atoms with Crippen molar-refractivity contribution < 1.29 is 29.0 Å². The SMILES string of the molecule is C=C(C)C1CCC2(C(=O)O)CCC3(COC(=O)c4ccccc4)C(CCC4C5(C)CCC(OC(C)=O)C(C)(C)C5CCC43C)C12. The van der Waals surface area contributed by atoms with Crippen molar-refractivity contribution in [2.75, 3.05) is 6.61 Å². The second-order valence-corrected chi connectivity index (χ2v) is 16.8. The minimum Gasteiger partial charge on any atom is -0.481 e. The average molecular weight is 619 g/mol. The van der Waals surface area contributed by atoms with Crippen molar-refractivity contribution in [2.24, 2.45) is 56.7 Å². The lowest BCUT2D eigenvalue weighted by Gasteiger charge is -2.73. The third kappa shape index (κ3) is 4.58. The Balaban J connectivity index is 1.43. The van der Waals surface area contributed by atoms with E-state index in [1.807, 2.05) is 30.3 Å². The van der Waals surface area contributed by atoms with Crippen LogP contribution in [0, 0.1) is 56.7 Å². The molecule has 10 unspecified atom stereocenters. The number of ether oxygens (including phenoxy) is 2. The molecule has 10 atom stereocenters. The van der Waals surface area contributed by atoms with E-state index in [9.17, 15) is 19.5 Å². The summed E-state index contributed by atoms with van der Waals surface area (Å²) < 4.78 is 12.3. The second kappa shape index (κ2) is 11.0. The number of benzene rings is 1. The highest BCUT2D eigenvalue weighted by Gasteiger charge is 2.73. The van der Waals surface area contributed by atoms with Crippen molar-refractivity contribution in [1.29, 1.82) is 0 Å². The number of carboxylic acid groups (broad SMARTS) is 1. The Morgan fingerprint density at radius 3 is 2.22 bits per heavy atom. The summed E-state index contributed by atoms with van der Waals surface area (Å²) in [6.45, 7) is 17.9. The quantitative estimate of drug-likeness (QED) is 0.254. The number of carbonyl (C=O) groups is 3. The molecule has 1 aromatic carbocycles. The standard InChI is InChI=1S/C39H54O6/c1-24(2)27-15-20-38(34(42)43)21-22-39(23-44-33(41)26-11-9-8-10-12-26)28(32(27)38)13-14-30-36(6)18-17-31(45-25(3)40)35(4,5)29(36)16-19-37(30,39)7/h8-12,27-32H,1,13-23H2,2-7H3,(H,42,43). The molecular weight excluding hydrogens is 564 g/mol. The van der Waals surface area contributed by atoms with Crippen LogP contribution in [0.4, 0.5) is 0 Å². The van der Waals surface area contributed by atoms with Crippen LogP contribution >= 0.6 is 0 Å². The highest BCUT2D eigenvalue weighted by atomic mass is 16.5. The molecule has 5 aliphatic rings. The maximum Gasteiger partial charge on any atom is 0.338 e. The Hall–Kier alpha value is -2.63. The van der Waals surface area contributed by atoms with Crippen molar-refractivity contribution in [1.82, 2.24) is 0 Å². The fraction of sp³-hybridized carbons (Fsp3) is 0.718. The molecule has 0 aliphatic heterocycles. The Morgan fingerprint density at radius 1 is 0.867 bits per heavy atom. The fourth-order valence-electron chi connectivity index (χ4n) is 12.9. The first-order valence-electron chi connectivity index (χ1n) is 17.4. The first-order valence-corrected chi connectivity index (χ1v) is 17.4. The molecule has 1 N–H and O–H groups in total. The Bertz CT molecular complexity index is 1370. The molecule has 5 aliphatic carbocycles. The normalized spacial score (nSPS) is 43.1. The molecule has 0 bridgehead atoms. The summed E-state index contributed by atoms with van der Waals surface area (Å²) in [5.74, 6) is -0.0495. The zero-order valence-electron chi connectivity index (χ0n) is 28.3. The van der Waals surface area contributed by atoms with Gasteiger partial charge >= 0.3 is 17.9 Å². The van der Waals surface area contributed by atoms with Gasteiger partial charge in [0.2, 0.25) is 0 Å². The van der Waals surface area contributed by atoms with E-state index in [1.54, 1.807) is 0 Å². The highest BCUT2D eigenvalue weighted by molar-refractivity contribution is 5.89. The topological polar surface area (TPSA) is 89.9 Å². The predicted octanol–water partition coefficient (Wildman–Crippen LogP) is 8.50. The van der Waals surface area contributed by atoms with Gasteiger partial charge in [0, 0.05) is 17.8 Å². The molecule has 0 radical (unpaired) electrons. The first-order chi connectivity index (χ1) is 21.1. The molecule has 6 rings (SSSR count). The van der Waals surface area contributed by atoms with Crippen LogP contribution in [-0.4, -0.2) is 35.7 Å². The molecular formula is C39H54O6. The molecule has 0 spiro atoms. The van der Waals surface area contributed by atoms with E-state index in [0.29, 0.717) is 36.8 Å². The molecule has 0 heterocycles. The van der Waals surface area contributed by atoms with E-state index < -0.39 is 11.4 Å². The van der Waals surface area contributed by atoms with Gasteiger partial charge in [-0.15, -0.1) is 0 Å². The monoisotopic (exact) mass is 618 g/mol. The summed E-state index contributed by atoms with van der Waals surface area (Å²) in [6, 6.07) is 9.25. The van der Waals surface area contributed by atoms with Gasteiger partial charge in [-0.1, -0.05) is 58.0 Å². The number of fused-ring (bicyclic) bond motifs is 7. The van der Waals surface area contributed by atoms with Crippen LogP contribution < -0.4 is 0 Å². The zero-order valence-corrected chi connectivity index (χ0v) is 28.3. The van der Waals surface area contributed by atoms with Crippen LogP contribution in [0.3, 0.4) is 0 Å². The van der Waals surface area contributed by atoms with Gasteiger partial charge in [0.05, 0.1) is 17.6 Å². The molecule has 45 heavy (non-hydrogen) atoms. The highest BCUT2D eigenvalue weighted by Crippen LogP contribution is 2.77. The van der Waals surface area contributed by atoms with Crippen LogP contribution in [0.15, 0.2) is 42.5 Å². The molecule has 6 heteroatoms. The van der Waals surface area contributed by atoms with Gasteiger partial charge in [0.25, 0.3) is 0 Å². The number of rotatable bonds is 6. The lowest BCUT2D eigenvalue weighted by molar-refractivity contribution is -0.263. The van der Waals surface area contributed by atoms with E-state index in [2.05, 4.69) is 41.2 Å². The third-order valence-corrected chi connectivity index (χ3v) is 14.9. The molecule has 0 aromatic heterocycles.